The van der Waals surface area contributed by atoms with Crippen molar-refractivity contribution in [3.8, 4) is 0 Å². The van der Waals surface area contributed by atoms with E-state index in [0.29, 0.717) is 6.04 Å². The lowest BCUT2D eigenvalue weighted by Crippen LogP contribution is -2.40. The van der Waals surface area contributed by atoms with Gasteiger partial charge in [-0.25, -0.2) is 15.0 Å². The number of pyridine rings is 1. The highest BCUT2D eigenvalue weighted by atomic mass is 32.1. The van der Waals surface area contributed by atoms with E-state index in [9.17, 15) is 0 Å². The molecule has 3 aliphatic rings. The number of nitrogens with one attached hydrogen (secondary N) is 2. The van der Waals surface area contributed by atoms with Crippen molar-refractivity contribution >= 4 is 43.4 Å². The van der Waals surface area contributed by atoms with E-state index in [1.54, 1.807) is 6.33 Å². The van der Waals surface area contributed by atoms with Crippen molar-refractivity contribution in [1.29, 1.82) is 0 Å². The molecule has 3 aromatic rings. The number of anilines is 2. The monoisotopic (exact) mass is 424 g/mol. The molecule has 2 N–H and O–H groups in total. The van der Waals surface area contributed by atoms with Crippen LogP contribution in [0.15, 0.2) is 6.33 Å². The Balaban J connectivity index is 1.49. The number of aromatic nitrogens is 3. The maximum Gasteiger partial charge on any atom is 0.279 e. The maximum absolute atomic E-state index is 5.61. The van der Waals surface area contributed by atoms with E-state index in [4.69, 9.17) is 9.72 Å². The van der Waals surface area contributed by atoms with Gasteiger partial charge in [-0.3, -0.25) is 4.90 Å². The molecule has 1 saturated heterocycles. The van der Waals surface area contributed by atoms with Crippen LogP contribution in [0.5, 0.6) is 0 Å². The van der Waals surface area contributed by atoms with Gasteiger partial charge in [0.15, 0.2) is 4.83 Å². The minimum absolute atomic E-state index is 0.545. The molecular weight excluding hydrogens is 394 g/mol. The van der Waals surface area contributed by atoms with Crippen LogP contribution >= 0.6 is 11.3 Å². The SMILES string of the molecule is c1nc(NC2CCCCC2)c2sc3[nH+]c(N4CCOCC4)c4c(c3c2n1)CCCC4. The topological polar surface area (TPSA) is 64.4 Å². The molecule has 0 aromatic carbocycles. The first-order valence-corrected chi connectivity index (χ1v) is 12.4. The van der Waals surface area contributed by atoms with Crippen molar-refractivity contribution in [2.45, 2.75) is 63.8 Å². The van der Waals surface area contributed by atoms with Crippen LogP contribution in [0.2, 0.25) is 0 Å². The zero-order chi connectivity index (χ0) is 19.9. The number of hydrogen-bond donors (Lipinski definition) is 1. The number of aromatic amines is 1. The second kappa shape index (κ2) is 7.93. The Morgan fingerprint density at radius 1 is 1.00 bits per heavy atom. The quantitative estimate of drug-likeness (QED) is 0.685. The summed E-state index contributed by atoms with van der Waals surface area (Å²) in [4.78, 5) is 17.0. The van der Waals surface area contributed by atoms with Crippen LogP contribution < -0.4 is 15.2 Å². The van der Waals surface area contributed by atoms with Crippen molar-refractivity contribution in [3.05, 3.63) is 17.5 Å². The van der Waals surface area contributed by atoms with Crippen LogP contribution in [-0.4, -0.2) is 42.3 Å². The highest BCUT2D eigenvalue weighted by Gasteiger charge is 2.31. The van der Waals surface area contributed by atoms with Gasteiger partial charge in [-0.05, 0) is 44.1 Å². The zero-order valence-corrected chi connectivity index (χ0v) is 18.3. The lowest BCUT2D eigenvalue weighted by Gasteiger charge is -2.26. The number of morpholine rings is 1. The molecule has 0 atom stereocenters. The van der Waals surface area contributed by atoms with Crippen LogP contribution in [-0.2, 0) is 17.6 Å². The van der Waals surface area contributed by atoms with Crippen LogP contribution in [0.1, 0.15) is 56.1 Å². The molecule has 0 radical (unpaired) electrons. The molecule has 7 heteroatoms. The van der Waals surface area contributed by atoms with E-state index in [-0.39, 0.29) is 0 Å². The van der Waals surface area contributed by atoms with Crippen molar-refractivity contribution in [2.24, 2.45) is 0 Å². The standard InChI is InChI=1S/C23H29N5OS/c1-2-6-15(7-3-1)26-21-20-19(24-14-25-21)18-16-8-4-5-9-17(16)22(27-23(18)30-20)28-10-12-29-13-11-28/h14-15H,1-13H2,(H,24,25,26)/p+1. The Kier molecular flexibility index (Phi) is 4.96. The average Bonchev–Trinajstić information content (AvgIpc) is 3.20. The van der Waals surface area contributed by atoms with Crippen molar-refractivity contribution in [3.63, 3.8) is 0 Å². The third-order valence-electron chi connectivity index (χ3n) is 7.03. The van der Waals surface area contributed by atoms with E-state index in [2.05, 4.69) is 20.2 Å². The fraction of sp³-hybridized carbons (Fsp3) is 0.609. The second-order valence-electron chi connectivity index (χ2n) is 8.92. The molecule has 4 heterocycles. The minimum atomic E-state index is 0.545. The second-order valence-corrected chi connectivity index (χ2v) is 9.94. The van der Waals surface area contributed by atoms with Gasteiger partial charge in [-0.15, -0.1) is 0 Å². The molecule has 1 aliphatic heterocycles. The summed E-state index contributed by atoms with van der Waals surface area (Å²) in [6, 6.07) is 0.545. The molecule has 3 aromatic heterocycles. The zero-order valence-electron chi connectivity index (χ0n) is 17.5. The summed E-state index contributed by atoms with van der Waals surface area (Å²) in [5.41, 5.74) is 4.16. The van der Waals surface area contributed by atoms with Gasteiger partial charge < -0.3 is 10.1 Å². The fourth-order valence-corrected chi connectivity index (χ4v) is 6.64. The van der Waals surface area contributed by atoms with Crippen LogP contribution in [0.25, 0.3) is 20.4 Å². The van der Waals surface area contributed by atoms with Gasteiger partial charge in [0.25, 0.3) is 5.82 Å². The molecule has 1 saturated carbocycles. The number of fused-ring (bicyclic) bond motifs is 5. The summed E-state index contributed by atoms with van der Waals surface area (Å²) in [6.07, 6.45) is 13.1. The molecule has 6 nitrogen and oxygen atoms in total. The Bertz CT molecular complexity index is 1070. The molecule has 2 aliphatic carbocycles. The molecule has 0 spiro atoms. The van der Waals surface area contributed by atoms with Crippen molar-refractivity contribution in [1.82, 2.24) is 9.97 Å². The molecule has 158 valence electrons. The van der Waals surface area contributed by atoms with Crippen LogP contribution in [0, 0.1) is 0 Å². The maximum atomic E-state index is 5.61. The summed E-state index contributed by atoms with van der Waals surface area (Å²) < 4.78 is 6.82. The van der Waals surface area contributed by atoms with Crippen molar-refractivity contribution < 1.29 is 9.72 Å². The lowest BCUT2D eigenvalue weighted by molar-refractivity contribution is -0.328. The molecule has 2 fully saturated rings. The molecular formula is C23H30N5OS+. The number of nitrogens with zero attached hydrogens (tertiary/aromatic N) is 3. The molecule has 0 unspecified atom stereocenters. The Morgan fingerprint density at radius 2 is 1.80 bits per heavy atom. The number of H-pyrrole nitrogens is 1. The summed E-state index contributed by atoms with van der Waals surface area (Å²) in [5.74, 6) is 2.35. The number of hydrogen-bond acceptors (Lipinski definition) is 6. The average molecular weight is 425 g/mol. The van der Waals surface area contributed by atoms with Crippen LogP contribution in [0.3, 0.4) is 0 Å². The summed E-state index contributed by atoms with van der Waals surface area (Å²) in [5, 5.41) is 5.10. The lowest BCUT2D eigenvalue weighted by atomic mass is 9.90. The number of rotatable bonds is 3. The molecule has 0 amide bonds. The number of aryl methyl sites for hydroxylation is 1. The third kappa shape index (κ3) is 3.23. The molecule has 0 bridgehead atoms. The summed E-state index contributed by atoms with van der Waals surface area (Å²) in [6.45, 7) is 3.56. The minimum Gasteiger partial charge on any atom is -0.373 e. The Morgan fingerprint density at radius 3 is 2.63 bits per heavy atom. The first-order chi connectivity index (χ1) is 14.9. The van der Waals surface area contributed by atoms with Gasteiger partial charge in [0.2, 0.25) is 0 Å². The Hall–Kier alpha value is -1.99. The van der Waals surface area contributed by atoms with Gasteiger partial charge in [0, 0.05) is 11.6 Å². The highest BCUT2D eigenvalue weighted by Crippen LogP contribution is 2.41. The highest BCUT2D eigenvalue weighted by molar-refractivity contribution is 7.25. The third-order valence-corrected chi connectivity index (χ3v) is 8.13. The molecule has 6 rings (SSSR count). The van der Waals surface area contributed by atoms with Gasteiger partial charge in [0.05, 0.1) is 24.1 Å². The Labute approximate surface area is 181 Å². The van der Waals surface area contributed by atoms with E-state index < -0.39 is 0 Å². The first-order valence-electron chi connectivity index (χ1n) is 11.6. The predicted octanol–water partition coefficient (Wildman–Crippen LogP) is 4.12. The normalized spacial score (nSPS) is 20.6. The van der Waals surface area contributed by atoms with Crippen molar-refractivity contribution in [2.75, 3.05) is 36.5 Å². The van der Waals surface area contributed by atoms with Gasteiger partial charge in [-0.2, -0.15) is 0 Å². The van der Waals surface area contributed by atoms with E-state index >= 15 is 0 Å². The van der Waals surface area contributed by atoms with Gasteiger partial charge in [-0.1, -0.05) is 30.6 Å². The summed E-state index contributed by atoms with van der Waals surface area (Å²) in [7, 11) is 0. The van der Waals surface area contributed by atoms with E-state index in [1.165, 1.54) is 76.8 Å². The van der Waals surface area contributed by atoms with Gasteiger partial charge >= 0.3 is 0 Å². The molecule has 30 heavy (non-hydrogen) atoms. The number of thiophene rings is 1. The van der Waals surface area contributed by atoms with E-state index in [1.807, 2.05) is 11.3 Å². The largest absolute Gasteiger partial charge is 0.373 e. The van der Waals surface area contributed by atoms with Gasteiger partial charge in [0.1, 0.15) is 29.9 Å². The van der Waals surface area contributed by atoms with E-state index in [0.717, 1.165) is 50.5 Å². The fourth-order valence-electron chi connectivity index (χ4n) is 5.50. The number of ether oxygens (including phenoxy) is 1. The summed E-state index contributed by atoms with van der Waals surface area (Å²) >= 11 is 1.83. The smallest absolute Gasteiger partial charge is 0.279 e. The predicted molar refractivity (Wildman–Crippen MR) is 122 cm³/mol. The van der Waals surface area contributed by atoms with Crippen LogP contribution in [0.4, 0.5) is 11.6 Å². The first kappa shape index (κ1) is 18.8.